The van der Waals surface area contributed by atoms with Gasteiger partial charge in [-0.15, -0.1) is 0 Å². The molecule has 0 aliphatic heterocycles. The number of alkyl halides is 1. The minimum Gasteiger partial charge on any atom is -0.314 e. The lowest BCUT2D eigenvalue weighted by Crippen LogP contribution is -2.28. The Morgan fingerprint density at radius 2 is 1.62 bits per heavy atom. The standard InChI is InChI=1S/C11H24IN/c1-3-11(4-2)13-10-8-6-5-7-9-12/h11,13H,3-10H2,1-2H3. The van der Waals surface area contributed by atoms with Gasteiger partial charge in [0, 0.05) is 6.04 Å². The average Bonchev–Trinajstić information content (AvgIpc) is 2.17. The normalized spacial score (nSPS) is 11.1. The third-order valence-corrected chi connectivity index (χ3v) is 3.24. The van der Waals surface area contributed by atoms with Gasteiger partial charge in [0.25, 0.3) is 0 Å². The van der Waals surface area contributed by atoms with Gasteiger partial charge in [-0.05, 0) is 36.7 Å². The highest BCUT2D eigenvalue weighted by Gasteiger charge is 1.99. The number of unbranched alkanes of at least 4 members (excludes halogenated alkanes) is 3. The van der Waals surface area contributed by atoms with E-state index >= 15 is 0 Å². The predicted molar refractivity (Wildman–Crippen MR) is 69.7 cm³/mol. The molecule has 0 amide bonds. The minimum absolute atomic E-state index is 0.754. The first kappa shape index (κ1) is 13.7. The van der Waals surface area contributed by atoms with Crippen molar-refractivity contribution in [1.82, 2.24) is 5.32 Å². The summed E-state index contributed by atoms with van der Waals surface area (Å²) in [6.07, 6.45) is 8.09. The minimum atomic E-state index is 0.754. The molecule has 0 aromatic heterocycles. The zero-order chi connectivity index (χ0) is 9.94. The van der Waals surface area contributed by atoms with Gasteiger partial charge >= 0.3 is 0 Å². The second-order valence-electron chi connectivity index (χ2n) is 3.57. The number of rotatable bonds is 9. The van der Waals surface area contributed by atoms with E-state index in [4.69, 9.17) is 0 Å². The van der Waals surface area contributed by atoms with Gasteiger partial charge < -0.3 is 5.32 Å². The van der Waals surface area contributed by atoms with Gasteiger partial charge in [-0.1, -0.05) is 49.3 Å². The Morgan fingerprint density at radius 3 is 2.15 bits per heavy atom. The topological polar surface area (TPSA) is 12.0 Å². The van der Waals surface area contributed by atoms with E-state index in [1.54, 1.807) is 0 Å². The van der Waals surface area contributed by atoms with Gasteiger partial charge in [0.05, 0.1) is 0 Å². The fraction of sp³-hybridized carbons (Fsp3) is 1.00. The van der Waals surface area contributed by atoms with Crippen molar-refractivity contribution < 1.29 is 0 Å². The maximum absolute atomic E-state index is 3.59. The lowest BCUT2D eigenvalue weighted by molar-refractivity contribution is 0.470. The molecule has 0 aromatic carbocycles. The van der Waals surface area contributed by atoms with Crippen LogP contribution in [0.4, 0.5) is 0 Å². The van der Waals surface area contributed by atoms with E-state index < -0.39 is 0 Å². The quantitative estimate of drug-likeness (QED) is 0.388. The maximum atomic E-state index is 3.59. The van der Waals surface area contributed by atoms with Crippen molar-refractivity contribution in [2.24, 2.45) is 0 Å². The predicted octanol–water partition coefficient (Wildman–Crippen LogP) is 3.76. The molecule has 0 heterocycles. The molecule has 1 N–H and O–H groups in total. The van der Waals surface area contributed by atoms with Crippen LogP contribution in [0.3, 0.4) is 0 Å². The third kappa shape index (κ3) is 9.01. The van der Waals surface area contributed by atoms with Gasteiger partial charge in [-0.3, -0.25) is 0 Å². The Bertz CT molecular complexity index is 92.1. The fourth-order valence-electron chi connectivity index (χ4n) is 1.46. The molecule has 0 bridgehead atoms. The average molecular weight is 297 g/mol. The summed E-state index contributed by atoms with van der Waals surface area (Å²) < 4.78 is 1.32. The number of halogens is 1. The lowest BCUT2D eigenvalue weighted by Gasteiger charge is -2.14. The first-order chi connectivity index (χ1) is 6.35. The van der Waals surface area contributed by atoms with Crippen LogP contribution in [-0.2, 0) is 0 Å². The van der Waals surface area contributed by atoms with Crippen molar-refractivity contribution in [3.8, 4) is 0 Å². The summed E-state index contributed by atoms with van der Waals surface area (Å²) in [6, 6.07) is 0.754. The van der Waals surface area contributed by atoms with Crippen molar-refractivity contribution in [1.29, 1.82) is 0 Å². The van der Waals surface area contributed by atoms with E-state index in [1.807, 2.05) is 0 Å². The lowest BCUT2D eigenvalue weighted by atomic mass is 10.1. The molecule has 0 fully saturated rings. The summed E-state index contributed by atoms with van der Waals surface area (Å²) in [5.74, 6) is 0. The molecule has 0 saturated heterocycles. The van der Waals surface area contributed by atoms with Crippen molar-refractivity contribution >= 4 is 22.6 Å². The van der Waals surface area contributed by atoms with Gasteiger partial charge in [0.1, 0.15) is 0 Å². The third-order valence-electron chi connectivity index (χ3n) is 2.48. The van der Waals surface area contributed by atoms with Crippen LogP contribution in [0.5, 0.6) is 0 Å². The molecule has 1 nitrogen and oxygen atoms in total. The van der Waals surface area contributed by atoms with Crippen molar-refractivity contribution in [3.63, 3.8) is 0 Å². The smallest absolute Gasteiger partial charge is 0.00618 e. The van der Waals surface area contributed by atoms with Crippen LogP contribution in [0.2, 0.25) is 0 Å². The molecule has 2 heteroatoms. The molecule has 0 radical (unpaired) electrons. The molecule has 0 rings (SSSR count). The molecular weight excluding hydrogens is 273 g/mol. The second-order valence-corrected chi connectivity index (χ2v) is 4.65. The highest BCUT2D eigenvalue weighted by molar-refractivity contribution is 14.1. The molecule has 0 spiro atoms. The maximum Gasteiger partial charge on any atom is 0.00618 e. The highest BCUT2D eigenvalue weighted by atomic mass is 127. The fourth-order valence-corrected chi connectivity index (χ4v) is 2.00. The van der Waals surface area contributed by atoms with E-state index in [2.05, 4.69) is 41.8 Å². The molecule has 13 heavy (non-hydrogen) atoms. The van der Waals surface area contributed by atoms with E-state index in [1.165, 1.54) is 49.5 Å². The van der Waals surface area contributed by atoms with Gasteiger partial charge in [-0.2, -0.15) is 0 Å². The zero-order valence-corrected chi connectivity index (χ0v) is 11.3. The number of hydrogen-bond acceptors (Lipinski definition) is 1. The van der Waals surface area contributed by atoms with Crippen LogP contribution in [0.25, 0.3) is 0 Å². The van der Waals surface area contributed by atoms with E-state index in [-0.39, 0.29) is 0 Å². The van der Waals surface area contributed by atoms with Crippen LogP contribution in [0, 0.1) is 0 Å². The second kappa shape index (κ2) is 10.8. The van der Waals surface area contributed by atoms with Gasteiger partial charge in [0.2, 0.25) is 0 Å². The summed E-state index contributed by atoms with van der Waals surface area (Å²) in [4.78, 5) is 0. The first-order valence-corrected chi connectivity index (χ1v) is 7.17. The molecular formula is C11H24IN. The van der Waals surface area contributed by atoms with Crippen molar-refractivity contribution in [2.75, 3.05) is 11.0 Å². The number of hydrogen-bond donors (Lipinski definition) is 1. The Kier molecular flexibility index (Phi) is 11.3. The van der Waals surface area contributed by atoms with Gasteiger partial charge in [-0.25, -0.2) is 0 Å². The summed E-state index contributed by atoms with van der Waals surface area (Å²) in [5, 5.41) is 3.59. The molecule has 0 aliphatic carbocycles. The largest absolute Gasteiger partial charge is 0.314 e. The first-order valence-electron chi connectivity index (χ1n) is 5.64. The van der Waals surface area contributed by atoms with Crippen molar-refractivity contribution in [3.05, 3.63) is 0 Å². The molecule has 0 saturated carbocycles. The monoisotopic (exact) mass is 297 g/mol. The van der Waals surface area contributed by atoms with Crippen molar-refractivity contribution in [2.45, 2.75) is 58.4 Å². The molecule has 80 valence electrons. The summed E-state index contributed by atoms with van der Waals surface area (Å²) in [6.45, 7) is 5.74. The van der Waals surface area contributed by atoms with Crippen LogP contribution in [-0.4, -0.2) is 17.0 Å². The zero-order valence-electron chi connectivity index (χ0n) is 9.11. The highest BCUT2D eigenvalue weighted by Crippen LogP contribution is 2.02. The van der Waals surface area contributed by atoms with Gasteiger partial charge in [0.15, 0.2) is 0 Å². The van der Waals surface area contributed by atoms with Crippen LogP contribution >= 0.6 is 22.6 Å². The Balaban J connectivity index is 3.05. The van der Waals surface area contributed by atoms with Crippen LogP contribution < -0.4 is 5.32 Å². The van der Waals surface area contributed by atoms with E-state index in [0.29, 0.717) is 0 Å². The van der Waals surface area contributed by atoms with E-state index in [0.717, 1.165) is 6.04 Å². The summed E-state index contributed by atoms with van der Waals surface area (Å²) in [5.41, 5.74) is 0. The molecule has 0 atom stereocenters. The van der Waals surface area contributed by atoms with E-state index in [9.17, 15) is 0 Å². The SMILES string of the molecule is CCC(CC)NCCCCCCI. The Labute approximate surface area is 97.2 Å². The Morgan fingerprint density at radius 1 is 1.00 bits per heavy atom. The van der Waals surface area contributed by atoms with Crippen LogP contribution in [0.1, 0.15) is 52.4 Å². The molecule has 0 aromatic rings. The number of nitrogens with one attached hydrogen (secondary N) is 1. The molecule has 0 unspecified atom stereocenters. The summed E-state index contributed by atoms with van der Waals surface area (Å²) >= 11 is 2.46. The molecule has 0 aliphatic rings. The summed E-state index contributed by atoms with van der Waals surface area (Å²) in [7, 11) is 0. The Hall–Kier alpha value is 0.690. The van der Waals surface area contributed by atoms with Crippen LogP contribution in [0.15, 0.2) is 0 Å².